The van der Waals surface area contributed by atoms with Gasteiger partial charge in [0.05, 0.1) is 6.10 Å². The second-order valence-corrected chi connectivity index (χ2v) is 6.11. The Morgan fingerprint density at radius 2 is 2.22 bits per heavy atom. The highest BCUT2D eigenvalue weighted by atomic mass is 16.5. The number of methoxy groups -OCH3 is 1. The maximum Gasteiger partial charge on any atom is 0.223 e. The van der Waals surface area contributed by atoms with Gasteiger partial charge in [-0.2, -0.15) is 0 Å². The molecule has 1 saturated heterocycles. The molecule has 0 aromatic carbocycles. The summed E-state index contributed by atoms with van der Waals surface area (Å²) in [5, 5.41) is 0. The predicted octanol–water partition coefficient (Wildman–Crippen LogP) is 1.39. The van der Waals surface area contributed by atoms with E-state index in [2.05, 4.69) is 6.92 Å². The van der Waals surface area contributed by atoms with Crippen LogP contribution in [0, 0.1) is 11.3 Å². The number of hydrogen-bond acceptors (Lipinski definition) is 3. The van der Waals surface area contributed by atoms with Gasteiger partial charge in [-0.3, -0.25) is 4.79 Å². The molecule has 2 aliphatic rings. The molecule has 1 aliphatic carbocycles. The molecule has 4 nitrogen and oxygen atoms in total. The first-order valence-corrected chi connectivity index (χ1v) is 7.11. The molecule has 0 aromatic heterocycles. The highest BCUT2D eigenvalue weighted by molar-refractivity contribution is 5.77. The van der Waals surface area contributed by atoms with Gasteiger partial charge in [-0.15, -0.1) is 0 Å². The Morgan fingerprint density at radius 3 is 2.72 bits per heavy atom. The van der Waals surface area contributed by atoms with E-state index >= 15 is 0 Å². The lowest BCUT2D eigenvalue weighted by Gasteiger charge is -2.43. The molecule has 104 valence electrons. The van der Waals surface area contributed by atoms with Crippen LogP contribution in [0.15, 0.2) is 0 Å². The molecule has 0 bridgehead atoms. The second-order valence-electron chi connectivity index (χ2n) is 6.11. The van der Waals surface area contributed by atoms with Crippen molar-refractivity contribution in [1.82, 2.24) is 4.90 Å². The van der Waals surface area contributed by atoms with Crippen LogP contribution < -0.4 is 5.73 Å². The SMILES string of the molecule is COC1CN(C(=O)CC2(CN)CCC2)CCC1C. The van der Waals surface area contributed by atoms with Crippen molar-refractivity contribution in [3.8, 4) is 0 Å². The minimum atomic E-state index is 0.114. The molecule has 0 radical (unpaired) electrons. The highest BCUT2D eigenvalue weighted by Crippen LogP contribution is 2.43. The van der Waals surface area contributed by atoms with Crippen LogP contribution in [0.4, 0.5) is 0 Å². The number of ether oxygens (including phenoxy) is 1. The summed E-state index contributed by atoms with van der Waals surface area (Å²) >= 11 is 0. The predicted molar refractivity (Wildman–Crippen MR) is 71.1 cm³/mol. The molecule has 18 heavy (non-hydrogen) atoms. The smallest absolute Gasteiger partial charge is 0.223 e. The molecule has 2 fully saturated rings. The van der Waals surface area contributed by atoms with Crippen molar-refractivity contribution < 1.29 is 9.53 Å². The normalized spacial score (nSPS) is 30.9. The third-order valence-electron chi connectivity index (χ3n) is 4.92. The van der Waals surface area contributed by atoms with Crippen molar-refractivity contribution in [3.05, 3.63) is 0 Å². The fourth-order valence-electron chi connectivity index (χ4n) is 3.13. The first-order chi connectivity index (χ1) is 8.60. The van der Waals surface area contributed by atoms with Crippen molar-refractivity contribution in [2.24, 2.45) is 17.1 Å². The van der Waals surface area contributed by atoms with Crippen LogP contribution in [-0.4, -0.2) is 43.7 Å². The van der Waals surface area contributed by atoms with E-state index < -0.39 is 0 Å². The highest BCUT2D eigenvalue weighted by Gasteiger charge is 2.39. The maximum atomic E-state index is 12.3. The molecule has 0 spiro atoms. The van der Waals surface area contributed by atoms with Gasteiger partial charge in [-0.05, 0) is 37.1 Å². The van der Waals surface area contributed by atoms with Crippen molar-refractivity contribution >= 4 is 5.91 Å². The van der Waals surface area contributed by atoms with E-state index in [4.69, 9.17) is 10.5 Å². The zero-order valence-corrected chi connectivity index (χ0v) is 11.7. The maximum absolute atomic E-state index is 12.3. The number of rotatable bonds is 4. The van der Waals surface area contributed by atoms with Gasteiger partial charge in [-0.1, -0.05) is 13.3 Å². The molecule has 1 aliphatic heterocycles. The van der Waals surface area contributed by atoms with Gasteiger partial charge in [0.1, 0.15) is 0 Å². The van der Waals surface area contributed by atoms with Crippen LogP contribution in [0.2, 0.25) is 0 Å². The number of likely N-dealkylation sites (tertiary alicyclic amines) is 1. The average molecular weight is 254 g/mol. The molecule has 4 heteroatoms. The third-order valence-corrected chi connectivity index (χ3v) is 4.92. The fourth-order valence-corrected chi connectivity index (χ4v) is 3.13. The van der Waals surface area contributed by atoms with E-state index in [0.717, 1.165) is 32.4 Å². The molecule has 1 heterocycles. The Hall–Kier alpha value is -0.610. The Balaban J connectivity index is 1.89. The lowest BCUT2D eigenvalue weighted by Crippen LogP contribution is -2.49. The number of hydrogen-bond donors (Lipinski definition) is 1. The molecular weight excluding hydrogens is 228 g/mol. The fraction of sp³-hybridized carbons (Fsp3) is 0.929. The number of piperidine rings is 1. The molecule has 1 amide bonds. The van der Waals surface area contributed by atoms with Gasteiger partial charge in [0, 0.05) is 26.6 Å². The van der Waals surface area contributed by atoms with Crippen LogP contribution in [0.25, 0.3) is 0 Å². The van der Waals surface area contributed by atoms with Crippen LogP contribution in [0.3, 0.4) is 0 Å². The summed E-state index contributed by atoms with van der Waals surface area (Å²) in [6.07, 6.45) is 5.33. The number of carbonyl (C=O) groups is 1. The Labute approximate surface area is 110 Å². The zero-order valence-electron chi connectivity index (χ0n) is 11.7. The van der Waals surface area contributed by atoms with Crippen LogP contribution in [0.5, 0.6) is 0 Å². The van der Waals surface area contributed by atoms with E-state index in [9.17, 15) is 4.79 Å². The minimum absolute atomic E-state index is 0.114. The van der Waals surface area contributed by atoms with Crippen LogP contribution >= 0.6 is 0 Å². The van der Waals surface area contributed by atoms with E-state index in [1.165, 1.54) is 6.42 Å². The summed E-state index contributed by atoms with van der Waals surface area (Å²) in [5.74, 6) is 0.820. The van der Waals surface area contributed by atoms with Crippen LogP contribution in [0.1, 0.15) is 39.0 Å². The van der Waals surface area contributed by atoms with E-state index in [-0.39, 0.29) is 17.4 Å². The molecular formula is C14H26N2O2. The van der Waals surface area contributed by atoms with Crippen molar-refractivity contribution in [3.63, 3.8) is 0 Å². The lowest BCUT2D eigenvalue weighted by molar-refractivity contribution is -0.140. The minimum Gasteiger partial charge on any atom is -0.379 e. The molecule has 0 aromatic rings. The summed E-state index contributed by atoms with van der Waals surface area (Å²) in [5.41, 5.74) is 5.94. The van der Waals surface area contributed by atoms with Gasteiger partial charge in [0.2, 0.25) is 5.91 Å². The van der Waals surface area contributed by atoms with E-state index in [1.807, 2.05) is 4.90 Å². The first-order valence-electron chi connectivity index (χ1n) is 7.11. The summed E-state index contributed by atoms with van der Waals surface area (Å²) in [7, 11) is 1.74. The van der Waals surface area contributed by atoms with E-state index in [1.54, 1.807) is 7.11 Å². The largest absolute Gasteiger partial charge is 0.379 e. The summed E-state index contributed by atoms with van der Waals surface area (Å²) in [4.78, 5) is 14.3. The molecule has 2 atom stereocenters. The molecule has 2 N–H and O–H groups in total. The van der Waals surface area contributed by atoms with Gasteiger partial charge < -0.3 is 15.4 Å². The number of nitrogens with two attached hydrogens (primary N) is 1. The van der Waals surface area contributed by atoms with Gasteiger partial charge in [-0.25, -0.2) is 0 Å². The van der Waals surface area contributed by atoms with Crippen LogP contribution in [-0.2, 0) is 9.53 Å². The lowest BCUT2D eigenvalue weighted by atomic mass is 9.66. The first kappa shape index (κ1) is 13.8. The van der Waals surface area contributed by atoms with Gasteiger partial charge in [0.15, 0.2) is 0 Å². The summed E-state index contributed by atoms with van der Waals surface area (Å²) in [6.45, 7) is 4.47. The topological polar surface area (TPSA) is 55.6 Å². The molecule has 2 rings (SSSR count). The summed E-state index contributed by atoms with van der Waals surface area (Å²) in [6, 6.07) is 0. The van der Waals surface area contributed by atoms with Gasteiger partial charge in [0.25, 0.3) is 0 Å². The molecule has 1 saturated carbocycles. The van der Waals surface area contributed by atoms with E-state index in [0.29, 0.717) is 18.9 Å². The number of amides is 1. The standard InChI is InChI=1S/C14H26N2O2/c1-11-4-7-16(9-12(11)18-2)13(17)8-14(10-15)5-3-6-14/h11-12H,3-10,15H2,1-2H3. The molecule has 2 unspecified atom stereocenters. The Morgan fingerprint density at radius 1 is 1.50 bits per heavy atom. The second kappa shape index (κ2) is 5.57. The third kappa shape index (κ3) is 2.69. The Kier molecular flexibility index (Phi) is 4.28. The average Bonchev–Trinajstić information content (AvgIpc) is 2.34. The van der Waals surface area contributed by atoms with Gasteiger partial charge >= 0.3 is 0 Å². The number of nitrogens with zero attached hydrogens (tertiary/aromatic N) is 1. The number of carbonyl (C=O) groups excluding carboxylic acids is 1. The van der Waals surface area contributed by atoms with Crippen molar-refractivity contribution in [2.75, 3.05) is 26.7 Å². The monoisotopic (exact) mass is 254 g/mol. The Bertz CT molecular complexity index is 297. The summed E-state index contributed by atoms with van der Waals surface area (Å²) < 4.78 is 5.46. The van der Waals surface area contributed by atoms with Crippen molar-refractivity contribution in [1.29, 1.82) is 0 Å². The zero-order chi connectivity index (χ0) is 13.2. The van der Waals surface area contributed by atoms with Crippen molar-refractivity contribution in [2.45, 2.75) is 45.1 Å². The quantitative estimate of drug-likeness (QED) is 0.825.